The summed E-state index contributed by atoms with van der Waals surface area (Å²) in [6.07, 6.45) is -4.64. The molecule has 1 aliphatic heterocycles. The van der Waals surface area contributed by atoms with Crippen molar-refractivity contribution in [2.24, 2.45) is 0 Å². The molecule has 0 aromatic heterocycles. The molecular formula is C21H16ClF3N2O5S. The lowest BCUT2D eigenvalue weighted by Gasteiger charge is -2.13. The first-order chi connectivity index (χ1) is 15.5. The third-order valence-electron chi connectivity index (χ3n) is 4.62. The maximum atomic E-state index is 12.9. The number of amides is 3. The number of halogens is 4. The Kier molecular flexibility index (Phi) is 7.33. The van der Waals surface area contributed by atoms with Gasteiger partial charge in [0.05, 0.1) is 27.1 Å². The van der Waals surface area contributed by atoms with E-state index in [1.807, 2.05) is 0 Å². The molecule has 0 bridgehead atoms. The van der Waals surface area contributed by atoms with Crippen LogP contribution in [0.15, 0.2) is 47.4 Å². The lowest BCUT2D eigenvalue weighted by molar-refractivity contribution is -0.138. The van der Waals surface area contributed by atoms with E-state index in [1.54, 1.807) is 18.2 Å². The first-order valence-electron chi connectivity index (χ1n) is 9.37. The number of benzene rings is 2. The van der Waals surface area contributed by atoms with Gasteiger partial charge in [0.15, 0.2) is 6.61 Å². The Balaban J connectivity index is 1.64. The third-order valence-corrected chi connectivity index (χ3v) is 6.21. The molecule has 3 amide bonds. The molecule has 0 saturated carbocycles. The van der Waals surface area contributed by atoms with E-state index in [-0.39, 0.29) is 34.5 Å². The summed E-state index contributed by atoms with van der Waals surface area (Å²) in [5.74, 6) is -2.49. The maximum absolute atomic E-state index is 12.9. The van der Waals surface area contributed by atoms with Gasteiger partial charge in [-0.1, -0.05) is 23.7 Å². The molecule has 1 heterocycles. The van der Waals surface area contributed by atoms with Crippen molar-refractivity contribution in [3.05, 3.63) is 58.6 Å². The van der Waals surface area contributed by atoms with Crippen molar-refractivity contribution in [3.8, 4) is 0 Å². The van der Waals surface area contributed by atoms with Gasteiger partial charge in [-0.05, 0) is 30.3 Å². The average molecular weight is 501 g/mol. The molecule has 3 rings (SSSR count). The molecule has 0 aliphatic carbocycles. The molecule has 1 fully saturated rings. The lowest BCUT2D eigenvalue weighted by atomic mass is 10.2. The summed E-state index contributed by atoms with van der Waals surface area (Å²) in [7, 11) is 1.38. The fourth-order valence-electron chi connectivity index (χ4n) is 2.90. The van der Waals surface area contributed by atoms with Crippen LogP contribution in [0.5, 0.6) is 0 Å². The van der Waals surface area contributed by atoms with Crippen LogP contribution in [-0.4, -0.2) is 47.5 Å². The van der Waals surface area contributed by atoms with Crippen molar-refractivity contribution < 1.29 is 37.1 Å². The van der Waals surface area contributed by atoms with Gasteiger partial charge in [0, 0.05) is 18.4 Å². The number of hydrogen-bond acceptors (Lipinski definition) is 6. The molecule has 12 heteroatoms. The first kappa shape index (κ1) is 24.6. The quantitative estimate of drug-likeness (QED) is 0.476. The summed E-state index contributed by atoms with van der Waals surface area (Å²) in [6, 6.07) is 8.62. The van der Waals surface area contributed by atoms with Gasteiger partial charge in [-0.15, -0.1) is 11.8 Å². The number of carbonyl (C=O) groups excluding carboxylic acids is 4. The molecule has 1 unspecified atom stereocenters. The van der Waals surface area contributed by atoms with Crippen molar-refractivity contribution in [1.82, 2.24) is 4.90 Å². The van der Waals surface area contributed by atoms with Crippen molar-refractivity contribution in [3.63, 3.8) is 0 Å². The average Bonchev–Trinajstić information content (AvgIpc) is 2.99. The number of rotatable bonds is 6. The number of hydrogen-bond donors (Lipinski definition) is 1. The summed E-state index contributed by atoms with van der Waals surface area (Å²) in [5.41, 5.74) is -1.21. The molecule has 1 N–H and O–H groups in total. The van der Waals surface area contributed by atoms with Crippen LogP contribution in [0.25, 0.3) is 0 Å². The summed E-state index contributed by atoms with van der Waals surface area (Å²) >= 11 is 6.86. The minimum absolute atomic E-state index is 0.0104. The summed E-state index contributed by atoms with van der Waals surface area (Å²) in [5, 5.41) is 1.37. The van der Waals surface area contributed by atoms with Crippen LogP contribution in [0.3, 0.4) is 0 Å². The second-order valence-corrected chi connectivity index (χ2v) is 8.57. The van der Waals surface area contributed by atoms with Crippen molar-refractivity contribution >= 4 is 52.7 Å². The molecule has 7 nitrogen and oxygen atoms in total. The normalized spacial score (nSPS) is 16.2. The number of carbonyl (C=O) groups is 4. The Hall–Kier alpha value is -3.05. The molecule has 174 valence electrons. The van der Waals surface area contributed by atoms with Gasteiger partial charge in [0.2, 0.25) is 11.8 Å². The predicted octanol–water partition coefficient (Wildman–Crippen LogP) is 4.00. The van der Waals surface area contributed by atoms with Gasteiger partial charge >= 0.3 is 12.1 Å². The molecule has 1 saturated heterocycles. The Bertz CT molecular complexity index is 1130. The Morgan fingerprint density at radius 1 is 1.21 bits per heavy atom. The largest absolute Gasteiger partial charge is 0.452 e. The zero-order chi connectivity index (χ0) is 24.3. The number of anilines is 1. The zero-order valence-electron chi connectivity index (χ0n) is 16.9. The smallest absolute Gasteiger partial charge is 0.416 e. The van der Waals surface area contributed by atoms with E-state index in [4.69, 9.17) is 16.3 Å². The van der Waals surface area contributed by atoms with Crippen LogP contribution in [0.4, 0.5) is 18.9 Å². The maximum Gasteiger partial charge on any atom is 0.416 e. The fourth-order valence-corrected chi connectivity index (χ4v) is 4.29. The number of esters is 1. The third kappa shape index (κ3) is 5.85. The summed E-state index contributed by atoms with van der Waals surface area (Å²) in [6.45, 7) is -0.784. The second kappa shape index (κ2) is 9.84. The standard InChI is InChI=1S/C21H16ClF3N2O5S/c1-27-18(29)9-16(19(27)30)33-15-5-3-2-4-12(15)20(31)32-10-17(28)26-14-8-11(21(23,24)25)6-7-13(14)22/h2-8,16H,9-10H2,1H3,(H,26,28). The SMILES string of the molecule is CN1C(=O)CC(Sc2ccccc2C(=O)OCC(=O)Nc2cc(C(F)(F)F)ccc2Cl)C1=O. The number of likely N-dealkylation sites (tertiary alicyclic amines) is 1. The van der Waals surface area contributed by atoms with E-state index in [1.165, 1.54) is 13.1 Å². The Morgan fingerprint density at radius 3 is 2.55 bits per heavy atom. The van der Waals surface area contributed by atoms with Crippen molar-refractivity contribution in [2.75, 3.05) is 19.0 Å². The van der Waals surface area contributed by atoms with Crippen LogP contribution >= 0.6 is 23.4 Å². The fraction of sp³-hybridized carbons (Fsp3) is 0.238. The highest BCUT2D eigenvalue weighted by Crippen LogP contribution is 2.34. The number of imide groups is 1. The molecule has 0 radical (unpaired) electrons. The van der Waals surface area contributed by atoms with Crippen molar-refractivity contribution in [2.45, 2.75) is 22.7 Å². The van der Waals surface area contributed by atoms with Crippen molar-refractivity contribution in [1.29, 1.82) is 0 Å². The van der Waals surface area contributed by atoms with E-state index in [9.17, 15) is 32.3 Å². The zero-order valence-corrected chi connectivity index (χ0v) is 18.5. The highest BCUT2D eigenvalue weighted by atomic mass is 35.5. The number of nitrogens with zero attached hydrogens (tertiary/aromatic N) is 1. The molecule has 33 heavy (non-hydrogen) atoms. The summed E-state index contributed by atoms with van der Waals surface area (Å²) in [4.78, 5) is 49.9. The van der Waals surface area contributed by atoms with Gasteiger partial charge in [0.1, 0.15) is 0 Å². The predicted molar refractivity (Wildman–Crippen MR) is 114 cm³/mol. The molecular weight excluding hydrogens is 485 g/mol. The van der Waals surface area contributed by atoms with Crippen LogP contribution in [0.1, 0.15) is 22.3 Å². The molecule has 1 atom stereocenters. The molecule has 2 aromatic carbocycles. The van der Waals surface area contributed by atoms with Gasteiger partial charge < -0.3 is 10.1 Å². The number of alkyl halides is 3. The Labute approximate surface area is 195 Å². The lowest BCUT2D eigenvalue weighted by Crippen LogP contribution is -2.26. The van der Waals surface area contributed by atoms with Crippen LogP contribution in [0.2, 0.25) is 5.02 Å². The van der Waals surface area contributed by atoms with Crippen LogP contribution in [0, 0.1) is 0 Å². The number of nitrogens with one attached hydrogen (secondary N) is 1. The first-order valence-corrected chi connectivity index (χ1v) is 10.6. The molecule has 2 aromatic rings. The van der Waals surface area contributed by atoms with Gasteiger partial charge in [0.25, 0.3) is 5.91 Å². The highest BCUT2D eigenvalue weighted by Gasteiger charge is 2.37. The topological polar surface area (TPSA) is 92.8 Å². The second-order valence-electron chi connectivity index (χ2n) is 6.91. The highest BCUT2D eigenvalue weighted by molar-refractivity contribution is 8.00. The Morgan fingerprint density at radius 2 is 1.91 bits per heavy atom. The van der Waals surface area contributed by atoms with E-state index < -0.39 is 35.5 Å². The van der Waals surface area contributed by atoms with Crippen LogP contribution < -0.4 is 5.32 Å². The number of thioether (sulfide) groups is 1. The number of ether oxygens (including phenoxy) is 1. The minimum Gasteiger partial charge on any atom is -0.452 e. The van der Waals surface area contributed by atoms with E-state index in [0.29, 0.717) is 11.0 Å². The van der Waals surface area contributed by atoms with Crippen LogP contribution in [-0.2, 0) is 25.3 Å². The van der Waals surface area contributed by atoms with Gasteiger partial charge in [-0.2, -0.15) is 13.2 Å². The van der Waals surface area contributed by atoms with Gasteiger partial charge in [-0.3, -0.25) is 19.3 Å². The summed E-state index contributed by atoms with van der Waals surface area (Å²) < 4.78 is 43.6. The van der Waals surface area contributed by atoms with E-state index in [2.05, 4.69) is 5.32 Å². The molecule has 0 spiro atoms. The monoisotopic (exact) mass is 500 g/mol. The molecule has 1 aliphatic rings. The van der Waals surface area contributed by atoms with E-state index >= 15 is 0 Å². The minimum atomic E-state index is -4.63. The van der Waals surface area contributed by atoms with E-state index in [0.717, 1.165) is 28.8 Å². The van der Waals surface area contributed by atoms with Gasteiger partial charge in [-0.25, -0.2) is 4.79 Å².